The summed E-state index contributed by atoms with van der Waals surface area (Å²) in [7, 11) is -1.03. The highest BCUT2D eigenvalue weighted by atomic mass is 32.2. The minimum Gasteiger partial charge on any atom is -0.495 e. The number of nitrogens with one attached hydrogen (secondary N) is 1. The van der Waals surface area contributed by atoms with Crippen LogP contribution in [0.4, 0.5) is 0 Å². The van der Waals surface area contributed by atoms with Gasteiger partial charge in [0, 0.05) is 19.7 Å². The van der Waals surface area contributed by atoms with E-state index < -0.39 is 15.9 Å². The van der Waals surface area contributed by atoms with E-state index in [2.05, 4.69) is 5.32 Å². The van der Waals surface area contributed by atoms with Crippen molar-refractivity contribution in [1.82, 2.24) is 9.62 Å². The molecule has 0 aromatic heterocycles. The normalized spacial score (nSPS) is 12.6. The fourth-order valence-corrected chi connectivity index (χ4v) is 4.53. The van der Waals surface area contributed by atoms with Crippen molar-refractivity contribution >= 4 is 15.9 Å². The Bertz CT molecular complexity index is 916. The lowest BCUT2D eigenvalue weighted by atomic mass is 10.2. The summed E-state index contributed by atoms with van der Waals surface area (Å²) >= 11 is 0. The topological polar surface area (TPSA) is 84.9 Å². The van der Waals surface area contributed by atoms with Crippen LogP contribution in [0.15, 0.2) is 53.4 Å². The predicted octanol–water partition coefficient (Wildman–Crippen LogP) is 2.35. The van der Waals surface area contributed by atoms with Crippen molar-refractivity contribution in [2.75, 3.05) is 27.4 Å². The second kappa shape index (κ2) is 10.4. The molecular formula is C21H28N2O5S. The van der Waals surface area contributed by atoms with E-state index in [-0.39, 0.29) is 29.8 Å². The second-order valence-electron chi connectivity index (χ2n) is 6.84. The van der Waals surface area contributed by atoms with Gasteiger partial charge >= 0.3 is 0 Å². The fraction of sp³-hybridized carbons (Fsp3) is 0.381. The quantitative estimate of drug-likeness (QED) is 0.638. The van der Waals surface area contributed by atoms with E-state index in [1.54, 1.807) is 39.2 Å². The van der Waals surface area contributed by atoms with Crippen LogP contribution in [0.1, 0.15) is 18.1 Å². The van der Waals surface area contributed by atoms with Gasteiger partial charge in [-0.3, -0.25) is 4.79 Å². The second-order valence-corrected chi connectivity index (χ2v) is 8.74. The molecule has 1 amide bonds. The largest absolute Gasteiger partial charge is 0.495 e. The third-order valence-electron chi connectivity index (χ3n) is 4.28. The predicted molar refractivity (Wildman–Crippen MR) is 111 cm³/mol. The number of sulfonamides is 1. The van der Waals surface area contributed by atoms with E-state index in [0.717, 1.165) is 15.4 Å². The SMILES string of the molecule is COC[C@@H](C)NC(=O)CN(Cc1ccccc1)S(=O)(=O)c1cc(C)ccc1OC. The summed E-state index contributed by atoms with van der Waals surface area (Å²) in [5, 5.41) is 2.76. The zero-order chi connectivity index (χ0) is 21.4. The zero-order valence-electron chi connectivity index (χ0n) is 17.2. The summed E-state index contributed by atoms with van der Waals surface area (Å²) in [5.74, 6) is -0.164. The lowest BCUT2D eigenvalue weighted by Gasteiger charge is -2.24. The Kier molecular flexibility index (Phi) is 8.19. The van der Waals surface area contributed by atoms with E-state index in [9.17, 15) is 13.2 Å². The van der Waals surface area contributed by atoms with Gasteiger partial charge < -0.3 is 14.8 Å². The van der Waals surface area contributed by atoms with Crippen LogP contribution in [0.2, 0.25) is 0 Å². The number of methoxy groups -OCH3 is 2. The monoisotopic (exact) mass is 420 g/mol. The van der Waals surface area contributed by atoms with Crippen LogP contribution in [0.5, 0.6) is 5.75 Å². The molecule has 0 aliphatic rings. The van der Waals surface area contributed by atoms with Gasteiger partial charge in [0.05, 0.1) is 20.3 Å². The Morgan fingerprint density at radius 2 is 1.83 bits per heavy atom. The molecule has 0 bridgehead atoms. The van der Waals surface area contributed by atoms with Gasteiger partial charge in [-0.25, -0.2) is 8.42 Å². The van der Waals surface area contributed by atoms with Crippen molar-refractivity contribution in [1.29, 1.82) is 0 Å². The van der Waals surface area contributed by atoms with Crippen LogP contribution < -0.4 is 10.1 Å². The number of benzene rings is 2. The number of ether oxygens (including phenoxy) is 2. The molecule has 8 heteroatoms. The summed E-state index contributed by atoms with van der Waals surface area (Å²) in [6.07, 6.45) is 0. The number of nitrogens with zero attached hydrogens (tertiary/aromatic N) is 1. The lowest BCUT2D eigenvalue weighted by Crippen LogP contribution is -2.44. The number of carbonyl (C=O) groups excluding carboxylic acids is 1. The van der Waals surface area contributed by atoms with E-state index in [1.165, 1.54) is 7.11 Å². The summed E-state index contributed by atoms with van der Waals surface area (Å²) in [5.41, 5.74) is 1.56. The summed E-state index contributed by atoms with van der Waals surface area (Å²) in [6.45, 7) is 3.68. The van der Waals surface area contributed by atoms with Gasteiger partial charge in [0.1, 0.15) is 10.6 Å². The third kappa shape index (κ3) is 6.28. The molecule has 1 atom stereocenters. The van der Waals surface area contributed by atoms with Crippen LogP contribution in [0, 0.1) is 6.92 Å². The molecule has 158 valence electrons. The molecule has 0 aliphatic carbocycles. The van der Waals surface area contributed by atoms with Crippen LogP contribution in [0.3, 0.4) is 0 Å². The average molecular weight is 421 g/mol. The first-order valence-electron chi connectivity index (χ1n) is 9.25. The Morgan fingerprint density at radius 3 is 2.45 bits per heavy atom. The molecule has 2 rings (SSSR count). The van der Waals surface area contributed by atoms with E-state index in [1.807, 2.05) is 30.3 Å². The van der Waals surface area contributed by atoms with Crippen molar-refractivity contribution in [2.24, 2.45) is 0 Å². The van der Waals surface area contributed by atoms with Gasteiger partial charge in [0.2, 0.25) is 15.9 Å². The summed E-state index contributed by atoms with van der Waals surface area (Å²) < 4.78 is 38.4. The lowest BCUT2D eigenvalue weighted by molar-refractivity contribution is -0.122. The Morgan fingerprint density at radius 1 is 1.14 bits per heavy atom. The van der Waals surface area contributed by atoms with E-state index >= 15 is 0 Å². The van der Waals surface area contributed by atoms with E-state index in [4.69, 9.17) is 9.47 Å². The molecule has 0 heterocycles. The minimum absolute atomic E-state index is 0.0358. The summed E-state index contributed by atoms with van der Waals surface area (Å²) in [6, 6.07) is 13.9. The van der Waals surface area contributed by atoms with Gasteiger partial charge in [0.15, 0.2) is 0 Å². The molecule has 2 aromatic carbocycles. The Labute approximate surface area is 172 Å². The number of carbonyl (C=O) groups is 1. The number of amides is 1. The van der Waals surface area contributed by atoms with Crippen molar-refractivity contribution < 1.29 is 22.7 Å². The van der Waals surface area contributed by atoms with Crippen LogP contribution in [0.25, 0.3) is 0 Å². The molecule has 0 fully saturated rings. The third-order valence-corrected chi connectivity index (χ3v) is 6.10. The van der Waals surface area contributed by atoms with Gasteiger partial charge in [-0.15, -0.1) is 0 Å². The van der Waals surface area contributed by atoms with Gasteiger partial charge in [-0.2, -0.15) is 4.31 Å². The maximum Gasteiger partial charge on any atom is 0.247 e. The summed E-state index contributed by atoms with van der Waals surface area (Å²) in [4.78, 5) is 12.6. The molecule has 0 saturated carbocycles. The average Bonchev–Trinajstić information content (AvgIpc) is 2.68. The minimum atomic E-state index is -3.99. The number of hydrogen-bond donors (Lipinski definition) is 1. The highest BCUT2D eigenvalue weighted by Crippen LogP contribution is 2.28. The van der Waals surface area contributed by atoms with Crippen molar-refractivity contribution in [3.05, 3.63) is 59.7 Å². The molecule has 0 spiro atoms. The highest BCUT2D eigenvalue weighted by molar-refractivity contribution is 7.89. The van der Waals surface area contributed by atoms with E-state index in [0.29, 0.717) is 6.61 Å². The van der Waals surface area contributed by atoms with Crippen molar-refractivity contribution in [2.45, 2.75) is 31.3 Å². The standard InChI is InChI=1S/C21H28N2O5S/c1-16-10-11-19(28-4)20(12-16)29(25,26)23(13-18-8-6-5-7-9-18)14-21(24)22-17(2)15-27-3/h5-12,17H,13-15H2,1-4H3,(H,22,24)/t17-/m1/s1. The van der Waals surface area contributed by atoms with Crippen molar-refractivity contribution in [3.63, 3.8) is 0 Å². The maximum atomic E-state index is 13.5. The first kappa shape index (κ1) is 22.9. The van der Waals surface area contributed by atoms with Crippen LogP contribution in [-0.2, 0) is 26.1 Å². The molecule has 7 nitrogen and oxygen atoms in total. The molecule has 2 aromatic rings. The molecule has 0 aliphatic heterocycles. The number of aryl methyl sites for hydroxylation is 1. The van der Waals surface area contributed by atoms with Crippen LogP contribution >= 0.6 is 0 Å². The van der Waals surface area contributed by atoms with Gasteiger partial charge in [-0.05, 0) is 37.1 Å². The molecule has 0 saturated heterocycles. The molecule has 0 radical (unpaired) electrons. The number of rotatable bonds is 10. The zero-order valence-corrected chi connectivity index (χ0v) is 18.0. The highest BCUT2D eigenvalue weighted by Gasteiger charge is 2.30. The fourth-order valence-electron chi connectivity index (χ4n) is 2.91. The molecule has 0 unspecified atom stereocenters. The van der Waals surface area contributed by atoms with Gasteiger partial charge in [-0.1, -0.05) is 36.4 Å². The number of hydrogen-bond acceptors (Lipinski definition) is 5. The molecule has 1 N–H and O–H groups in total. The Balaban J connectivity index is 2.38. The first-order chi connectivity index (χ1) is 13.8. The van der Waals surface area contributed by atoms with Gasteiger partial charge in [0.25, 0.3) is 0 Å². The maximum absolute atomic E-state index is 13.5. The molecular weight excluding hydrogens is 392 g/mol. The Hall–Kier alpha value is -2.42. The first-order valence-corrected chi connectivity index (χ1v) is 10.7. The van der Waals surface area contributed by atoms with Crippen molar-refractivity contribution in [3.8, 4) is 5.75 Å². The van der Waals surface area contributed by atoms with Crippen LogP contribution in [-0.4, -0.2) is 52.0 Å². The molecule has 29 heavy (non-hydrogen) atoms. The smallest absolute Gasteiger partial charge is 0.247 e.